The van der Waals surface area contributed by atoms with Gasteiger partial charge in [-0.25, -0.2) is 8.78 Å². The summed E-state index contributed by atoms with van der Waals surface area (Å²) < 4.78 is 26.7. The summed E-state index contributed by atoms with van der Waals surface area (Å²) in [6, 6.07) is 3.69. The molecule has 0 aliphatic carbocycles. The summed E-state index contributed by atoms with van der Waals surface area (Å²) in [7, 11) is 1.97. The van der Waals surface area contributed by atoms with E-state index in [1.807, 2.05) is 7.05 Å². The molecule has 1 heterocycles. The first-order valence-corrected chi connectivity index (χ1v) is 7.00. The maximum absolute atomic E-state index is 13.6. The van der Waals surface area contributed by atoms with Gasteiger partial charge in [0.2, 0.25) is 0 Å². The summed E-state index contributed by atoms with van der Waals surface area (Å²) in [6.45, 7) is 3.53. The molecule has 1 aliphatic rings. The number of nitrogens with one attached hydrogen (secondary N) is 1. The maximum Gasteiger partial charge on any atom is 0.127 e. The molecule has 0 amide bonds. The van der Waals surface area contributed by atoms with Crippen LogP contribution in [0.2, 0.25) is 0 Å². The highest BCUT2D eigenvalue weighted by Gasteiger charge is 2.19. The number of benzene rings is 1. The van der Waals surface area contributed by atoms with E-state index in [4.69, 9.17) is 0 Å². The van der Waals surface area contributed by atoms with Gasteiger partial charge < -0.3 is 5.32 Å². The van der Waals surface area contributed by atoms with Crippen molar-refractivity contribution in [3.05, 3.63) is 35.4 Å². The van der Waals surface area contributed by atoms with Crippen LogP contribution in [0.15, 0.2) is 18.2 Å². The second-order valence-corrected chi connectivity index (χ2v) is 5.35. The highest BCUT2D eigenvalue weighted by Crippen LogP contribution is 2.22. The highest BCUT2D eigenvalue weighted by atomic mass is 19.1. The lowest BCUT2D eigenvalue weighted by Crippen LogP contribution is -2.34. The molecule has 0 saturated carbocycles. The minimum Gasteiger partial charge on any atom is -0.320 e. The molecule has 4 heteroatoms. The molecule has 1 fully saturated rings. The molecule has 0 radical (unpaired) electrons. The average Bonchev–Trinajstić information content (AvgIpc) is 2.42. The number of hydrogen-bond acceptors (Lipinski definition) is 2. The molecule has 1 saturated heterocycles. The van der Waals surface area contributed by atoms with Crippen molar-refractivity contribution in [2.24, 2.45) is 5.92 Å². The van der Waals surface area contributed by atoms with Gasteiger partial charge in [0.15, 0.2) is 0 Å². The molecule has 106 valence electrons. The molecule has 0 spiro atoms. The minimum absolute atomic E-state index is 0.307. The van der Waals surface area contributed by atoms with Gasteiger partial charge in [-0.2, -0.15) is 0 Å². The van der Waals surface area contributed by atoms with Crippen LogP contribution in [0.4, 0.5) is 8.78 Å². The molecule has 1 N–H and O–H groups in total. The van der Waals surface area contributed by atoms with Crippen LogP contribution in [0.25, 0.3) is 0 Å². The molecule has 2 rings (SSSR count). The van der Waals surface area contributed by atoms with Crippen molar-refractivity contribution in [2.75, 3.05) is 26.7 Å². The van der Waals surface area contributed by atoms with Gasteiger partial charge in [0.1, 0.15) is 11.6 Å². The molecular formula is C15H22F2N2. The van der Waals surface area contributed by atoms with Crippen molar-refractivity contribution < 1.29 is 8.78 Å². The van der Waals surface area contributed by atoms with E-state index in [0.29, 0.717) is 12.1 Å². The molecule has 0 bridgehead atoms. The van der Waals surface area contributed by atoms with E-state index in [9.17, 15) is 8.78 Å². The van der Waals surface area contributed by atoms with Crippen molar-refractivity contribution in [3.8, 4) is 0 Å². The molecule has 2 nitrogen and oxygen atoms in total. The fourth-order valence-corrected chi connectivity index (χ4v) is 2.69. The smallest absolute Gasteiger partial charge is 0.127 e. The lowest BCUT2D eigenvalue weighted by molar-refractivity contribution is 0.170. The predicted octanol–water partition coefficient (Wildman–Crippen LogP) is 2.79. The first-order chi connectivity index (χ1) is 9.19. The first-order valence-electron chi connectivity index (χ1n) is 7.00. The topological polar surface area (TPSA) is 15.3 Å². The van der Waals surface area contributed by atoms with Crippen molar-refractivity contribution >= 4 is 0 Å². The third-order valence-corrected chi connectivity index (χ3v) is 3.91. The summed E-state index contributed by atoms with van der Waals surface area (Å²) >= 11 is 0. The Labute approximate surface area is 113 Å². The summed E-state index contributed by atoms with van der Waals surface area (Å²) in [4.78, 5) is 2.22. The number of nitrogens with zero attached hydrogens (tertiary/aromatic N) is 1. The van der Waals surface area contributed by atoms with Gasteiger partial charge in [0, 0.05) is 12.1 Å². The van der Waals surface area contributed by atoms with Gasteiger partial charge >= 0.3 is 0 Å². The fourth-order valence-electron chi connectivity index (χ4n) is 2.69. The molecule has 1 aromatic carbocycles. The van der Waals surface area contributed by atoms with E-state index in [1.54, 1.807) is 0 Å². The maximum atomic E-state index is 13.6. The van der Waals surface area contributed by atoms with Crippen molar-refractivity contribution in [1.82, 2.24) is 10.2 Å². The van der Waals surface area contributed by atoms with E-state index in [-0.39, 0.29) is 11.6 Å². The Hall–Kier alpha value is -1.00. The van der Waals surface area contributed by atoms with Gasteiger partial charge in [0.05, 0.1) is 0 Å². The van der Waals surface area contributed by atoms with Crippen molar-refractivity contribution in [1.29, 1.82) is 0 Å². The number of halogens is 2. The SMILES string of the molecule is CNCCC1CCN(Cc2cc(F)ccc2F)CC1. The second kappa shape index (κ2) is 6.96. The lowest BCUT2D eigenvalue weighted by Gasteiger charge is -2.32. The Morgan fingerprint density at radius 2 is 2.00 bits per heavy atom. The Bertz CT molecular complexity index is 401. The Morgan fingerprint density at radius 3 is 2.68 bits per heavy atom. The van der Waals surface area contributed by atoms with Crippen LogP contribution in [-0.2, 0) is 6.54 Å². The molecule has 1 aromatic rings. The van der Waals surface area contributed by atoms with Crippen LogP contribution >= 0.6 is 0 Å². The quantitative estimate of drug-likeness (QED) is 0.883. The van der Waals surface area contributed by atoms with Crippen molar-refractivity contribution in [3.63, 3.8) is 0 Å². The Balaban J connectivity index is 1.83. The van der Waals surface area contributed by atoms with Gasteiger partial charge in [-0.1, -0.05) is 0 Å². The third-order valence-electron chi connectivity index (χ3n) is 3.91. The van der Waals surface area contributed by atoms with E-state index in [0.717, 1.165) is 38.4 Å². The normalized spacial score (nSPS) is 17.8. The van der Waals surface area contributed by atoms with Gasteiger partial charge in [0.25, 0.3) is 0 Å². The zero-order valence-electron chi connectivity index (χ0n) is 11.5. The Kier molecular flexibility index (Phi) is 5.28. The van der Waals surface area contributed by atoms with Crippen LogP contribution in [0, 0.1) is 17.6 Å². The number of piperidine rings is 1. The van der Waals surface area contributed by atoms with Crippen LogP contribution < -0.4 is 5.32 Å². The number of hydrogen-bond donors (Lipinski definition) is 1. The van der Waals surface area contributed by atoms with Gasteiger partial charge in [-0.05, 0) is 70.1 Å². The van der Waals surface area contributed by atoms with Crippen LogP contribution in [0.5, 0.6) is 0 Å². The molecule has 0 aromatic heterocycles. The zero-order chi connectivity index (χ0) is 13.7. The number of likely N-dealkylation sites (tertiary alicyclic amines) is 1. The zero-order valence-corrected chi connectivity index (χ0v) is 11.5. The summed E-state index contributed by atoms with van der Waals surface area (Å²) in [5, 5.41) is 3.17. The van der Waals surface area contributed by atoms with Gasteiger partial charge in [-0.3, -0.25) is 4.90 Å². The van der Waals surface area contributed by atoms with Crippen molar-refractivity contribution in [2.45, 2.75) is 25.8 Å². The largest absolute Gasteiger partial charge is 0.320 e. The predicted molar refractivity (Wildman–Crippen MR) is 72.9 cm³/mol. The average molecular weight is 268 g/mol. The molecule has 0 unspecified atom stereocenters. The highest BCUT2D eigenvalue weighted by molar-refractivity contribution is 5.18. The van der Waals surface area contributed by atoms with Crippen LogP contribution in [0.3, 0.4) is 0 Å². The number of rotatable bonds is 5. The van der Waals surface area contributed by atoms with E-state index >= 15 is 0 Å². The molecular weight excluding hydrogens is 246 g/mol. The summed E-state index contributed by atoms with van der Waals surface area (Å²) in [5.41, 5.74) is 0.466. The monoisotopic (exact) mass is 268 g/mol. The fraction of sp³-hybridized carbons (Fsp3) is 0.600. The third kappa shape index (κ3) is 4.25. The van der Waals surface area contributed by atoms with E-state index < -0.39 is 0 Å². The Morgan fingerprint density at radius 1 is 1.26 bits per heavy atom. The van der Waals surface area contributed by atoms with Crippen LogP contribution in [-0.4, -0.2) is 31.6 Å². The standard InChI is InChI=1S/C15H22F2N2/c1-18-7-4-12-5-8-19(9-6-12)11-13-10-14(16)2-3-15(13)17/h2-3,10,12,18H,4-9,11H2,1H3. The van der Waals surface area contributed by atoms with Gasteiger partial charge in [-0.15, -0.1) is 0 Å². The first kappa shape index (κ1) is 14.4. The van der Waals surface area contributed by atoms with E-state index in [1.165, 1.54) is 24.6 Å². The summed E-state index contributed by atoms with van der Waals surface area (Å²) in [6.07, 6.45) is 3.51. The molecule has 0 atom stereocenters. The van der Waals surface area contributed by atoms with E-state index in [2.05, 4.69) is 10.2 Å². The molecule has 1 aliphatic heterocycles. The second-order valence-electron chi connectivity index (χ2n) is 5.35. The minimum atomic E-state index is -0.361. The lowest BCUT2D eigenvalue weighted by atomic mass is 9.93. The summed E-state index contributed by atoms with van der Waals surface area (Å²) in [5.74, 6) is 0.0973. The molecule has 19 heavy (non-hydrogen) atoms. The van der Waals surface area contributed by atoms with Crippen LogP contribution in [0.1, 0.15) is 24.8 Å².